The van der Waals surface area contributed by atoms with Crippen molar-refractivity contribution in [3.05, 3.63) is 30.3 Å². The fourth-order valence-electron chi connectivity index (χ4n) is 1.75. The van der Waals surface area contributed by atoms with Crippen LogP contribution in [0.25, 0.3) is 0 Å². The Morgan fingerprint density at radius 2 is 1.94 bits per heavy atom. The van der Waals surface area contributed by atoms with E-state index < -0.39 is 0 Å². The molecular weight excluding hydrogens is 214 g/mol. The SMILES string of the molecule is CCN(C(=O)CCCCC=O)c1ccccc1. The largest absolute Gasteiger partial charge is 0.313 e. The Hall–Kier alpha value is -1.64. The molecule has 0 bridgehead atoms. The third-order valence-electron chi connectivity index (χ3n) is 2.65. The smallest absolute Gasteiger partial charge is 0.226 e. The maximum absolute atomic E-state index is 12.0. The van der Waals surface area contributed by atoms with Gasteiger partial charge >= 0.3 is 0 Å². The van der Waals surface area contributed by atoms with Crippen LogP contribution in [0.5, 0.6) is 0 Å². The average molecular weight is 233 g/mol. The second-order valence-electron chi connectivity index (χ2n) is 3.89. The number of aldehydes is 1. The van der Waals surface area contributed by atoms with Crippen molar-refractivity contribution >= 4 is 17.9 Å². The van der Waals surface area contributed by atoms with E-state index in [1.165, 1.54) is 0 Å². The summed E-state index contributed by atoms with van der Waals surface area (Å²) in [5.41, 5.74) is 0.940. The number of nitrogens with zero attached hydrogens (tertiary/aromatic N) is 1. The monoisotopic (exact) mass is 233 g/mol. The quantitative estimate of drug-likeness (QED) is 0.536. The van der Waals surface area contributed by atoms with Crippen LogP contribution in [-0.4, -0.2) is 18.7 Å². The van der Waals surface area contributed by atoms with Crippen LogP contribution in [0.15, 0.2) is 30.3 Å². The van der Waals surface area contributed by atoms with Gasteiger partial charge in [-0.2, -0.15) is 0 Å². The lowest BCUT2D eigenvalue weighted by atomic mass is 10.2. The Kier molecular flexibility index (Phi) is 6.00. The van der Waals surface area contributed by atoms with Crippen LogP contribution in [-0.2, 0) is 9.59 Å². The molecule has 1 aromatic carbocycles. The number of anilines is 1. The summed E-state index contributed by atoms with van der Waals surface area (Å²) in [7, 11) is 0. The molecule has 0 aliphatic heterocycles. The number of hydrogen-bond acceptors (Lipinski definition) is 2. The summed E-state index contributed by atoms with van der Waals surface area (Å²) in [6.45, 7) is 2.65. The topological polar surface area (TPSA) is 37.4 Å². The molecule has 1 rings (SSSR count). The molecule has 0 fully saturated rings. The minimum Gasteiger partial charge on any atom is -0.313 e. The molecule has 0 aliphatic rings. The highest BCUT2D eigenvalue weighted by Gasteiger charge is 2.12. The average Bonchev–Trinajstić information content (AvgIpc) is 2.37. The van der Waals surface area contributed by atoms with Crippen molar-refractivity contribution in [3.63, 3.8) is 0 Å². The summed E-state index contributed by atoms with van der Waals surface area (Å²) in [4.78, 5) is 23.9. The van der Waals surface area contributed by atoms with Crippen molar-refractivity contribution in [1.82, 2.24) is 0 Å². The molecule has 0 atom stereocenters. The Morgan fingerprint density at radius 1 is 1.24 bits per heavy atom. The normalized spacial score (nSPS) is 9.94. The van der Waals surface area contributed by atoms with Gasteiger partial charge in [0.15, 0.2) is 0 Å². The fourth-order valence-corrected chi connectivity index (χ4v) is 1.75. The van der Waals surface area contributed by atoms with Crippen LogP contribution in [0.4, 0.5) is 5.69 Å². The number of carbonyl (C=O) groups excluding carboxylic acids is 2. The second-order valence-corrected chi connectivity index (χ2v) is 3.89. The summed E-state index contributed by atoms with van der Waals surface area (Å²) in [5.74, 6) is 0.129. The van der Waals surface area contributed by atoms with Crippen LogP contribution >= 0.6 is 0 Å². The van der Waals surface area contributed by atoms with E-state index in [1.807, 2.05) is 37.3 Å². The number of benzene rings is 1. The highest BCUT2D eigenvalue weighted by molar-refractivity contribution is 5.93. The molecule has 0 heterocycles. The van der Waals surface area contributed by atoms with Gasteiger partial charge in [0.1, 0.15) is 6.29 Å². The van der Waals surface area contributed by atoms with E-state index in [4.69, 9.17) is 0 Å². The van der Waals surface area contributed by atoms with Crippen molar-refractivity contribution in [2.24, 2.45) is 0 Å². The molecular formula is C14H19NO2. The summed E-state index contributed by atoms with van der Waals surface area (Å²) in [6, 6.07) is 9.67. The van der Waals surface area contributed by atoms with Gasteiger partial charge in [-0.3, -0.25) is 4.79 Å². The van der Waals surface area contributed by atoms with Crippen molar-refractivity contribution in [2.45, 2.75) is 32.6 Å². The lowest BCUT2D eigenvalue weighted by molar-refractivity contribution is -0.118. The Balaban J connectivity index is 2.50. The maximum atomic E-state index is 12.0. The molecule has 0 radical (unpaired) electrons. The zero-order valence-electron chi connectivity index (χ0n) is 10.3. The molecule has 0 spiro atoms. The zero-order chi connectivity index (χ0) is 12.5. The van der Waals surface area contributed by atoms with Gasteiger partial charge in [-0.1, -0.05) is 18.2 Å². The first kappa shape index (κ1) is 13.4. The number of hydrogen-bond donors (Lipinski definition) is 0. The first-order valence-corrected chi connectivity index (χ1v) is 6.08. The Morgan fingerprint density at radius 3 is 2.53 bits per heavy atom. The molecule has 0 unspecified atom stereocenters. The fraction of sp³-hybridized carbons (Fsp3) is 0.429. The molecule has 1 aromatic rings. The van der Waals surface area contributed by atoms with Gasteiger partial charge in [0.05, 0.1) is 0 Å². The van der Waals surface area contributed by atoms with E-state index >= 15 is 0 Å². The number of rotatable bonds is 7. The van der Waals surface area contributed by atoms with Crippen molar-refractivity contribution in [3.8, 4) is 0 Å². The minimum atomic E-state index is 0.129. The van der Waals surface area contributed by atoms with Crippen molar-refractivity contribution < 1.29 is 9.59 Å². The highest BCUT2D eigenvalue weighted by atomic mass is 16.2. The first-order chi connectivity index (χ1) is 8.29. The van der Waals surface area contributed by atoms with Gasteiger partial charge in [-0.05, 0) is 31.9 Å². The zero-order valence-corrected chi connectivity index (χ0v) is 10.3. The van der Waals surface area contributed by atoms with Gasteiger partial charge in [0, 0.05) is 25.1 Å². The standard InChI is InChI=1S/C14H19NO2/c1-2-15(13-9-5-3-6-10-13)14(17)11-7-4-8-12-16/h3,5-6,9-10,12H,2,4,7-8,11H2,1H3. The van der Waals surface area contributed by atoms with E-state index in [1.54, 1.807) is 4.90 Å². The number of unbranched alkanes of at least 4 members (excludes halogenated alkanes) is 2. The van der Waals surface area contributed by atoms with Crippen LogP contribution in [0.1, 0.15) is 32.6 Å². The minimum absolute atomic E-state index is 0.129. The summed E-state index contributed by atoms with van der Waals surface area (Å²) in [6.07, 6.45) is 3.53. The number of carbonyl (C=O) groups is 2. The molecule has 3 heteroatoms. The number of para-hydroxylation sites is 1. The maximum Gasteiger partial charge on any atom is 0.226 e. The van der Waals surface area contributed by atoms with E-state index in [-0.39, 0.29) is 5.91 Å². The van der Waals surface area contributed by atoms with E-state index in [0.717, 1.165) is 24.8 Å². The third-order valence-corrected chi connectivity index (χ3v) is 2.65. The molecule has 3 nitrogen and oxygen atoms in total. The van der Waals surface area contributed by atoms with Crippen LogP contribution in [0.3, 0.4) is 0 Å². The first-order valence-electron chi connectivity index (χ1n) is 6.08. The highest BCUT2D eigenvalue weighted by Crippen LogP contribution is 2.15. The third kappa shape index (κ3) is 4.39. The van der Waals surface area contributed by atoms with Crippen LogP contribution in [0, 0.1) is 0 Å². The number of amides is 1. The summed E-state index contributed by atoms with van der Waals surface area (Å²) in [5, 5.41) is 0. The van der Waals surface area contributed by atoms with Crippen LogP contribution in [0.2, 0.25) is 0 Å². The lowest BCUT2D eigenvalue weighted by Crippen LogP contribution is -2.30. The van der Waals surface area contributed by atoms with E-state index in [2.05, 4.69) is 0 Å². The molecule has 1 amide bonds. The summed E-state index contributed by atoms with van der Waals surface area (Å²) < 4.78 is 0. The van der Waals surface area contributed by atoms with Gasteiger partial charge in [-0.15, -0.1) is 0 Å². The molecule has 0 N–H and O–H groups in total. The lowest BCUT2D eigenvalue weighted by Gasteiger charge is -2.20. The van der Waals surface area contributed by atoms with Crippen LogP contribution < -0.4 is 4.90 Å². The molecule has 0 saturated carbocycles. The molecule has 92 valence electrons. The second kappa shape index (κ2) is 7.60. The van der Waals surface area contributed by atoms with E-state index in [0.29, 0.717) is 19.4 Å². The van der Waals surface area contributed by atoms with Crippen molar-refractivity contribution in [1.29, 1.82) is 0 Å². The van der Waals surface area contributed by atoms with E-state index in [9.17, 15) is 9.59 Å². The molecule has 0 saturated heterocycles. The molecule has 17 heavy (non-hydrogen) atoms. The van der Waals surface area contributed by atoms with Crippen molar-refractivity contribution in [2.75, 3.05) is 11.4 Å². The Bertz CT molecular complexity index is 348. The predicted molar refractivity (Wildman–Crippen MR) is 69.0 cm³/mol. The van der Waals surface area contributed by atoms with Gasteiger partial charge in [-0.25, -0.2) is 0 Å². The van der Waals surface area contributed by atoms with Gasteiger partial charge in [0.25, 0.3) is 0 Å². The van der Waals surface area contributed by atoms with Gasteiger partial charge < -0.3 is 9.69 Å². The summed E-state index contributed by atoms with van der Waals surface area (Å²) >= 11 is 0. The Labute approximate surface area is 102 Å². The predicted octanol–water partition coefficient (Wildman–Crippen LogP) is 2.80. The van der Waals surface area contributed by atoms with Gasteiger partial charge in [0.2, 0.25) is 5.91 Å². The molecule has 0 aromatic heterocycles. The molecule has 0 aliphatic carbocycles.